The predicted molar refractivity (Wildman–Crippen MR) is 98.7 cm³/mol. The summed E-state index contributed by atoms with van der Waals surface area (Å²) in [4.78, 5) is 12.3. The fourth-order valence-corrected chi connectivity index (χ4v) is 3.52. The Kier molecular flexibility index (Phi) is 11.8. The molecule has 1 aromatic heterocycles. The molecule has 1 fully saturated rings. The Hall–Kier alpha value is -0.900. The minimum atomic E-state index is 0. The average Bonchev–Trinajstić information content (AvgIpc) is 2.57. The number of hydrogen-bond acceptors (Lipinski definition) is 1. The van der Waals surface area contributed by atoms with E-state index in [1.807, 2.05) is 0 Å². The standard InChI is InChI=1S/C21H34N2O.BrH/c1-19-13-16-23(17-14-19)18-15-21(24)22-20-11-9-7-5-3-2-4-6-8-10-12-20;/h13-14,16-17,20H,2-12,15,18H2,1H3;1H. The first kappa shape index (κ1) is 22.1. The van der Waals surface area contributed by atoms with Gasteiger partial charge in [-0.2, -0.15) is 0 Å². The van der Waals surface area contributed by atoms with Crippen molar-refractivity contribution in [2.24, 2.45) is 0 Å². The third kappa shape index (κ3) is 9.98. The van der Waals surface area contributed by atoms with Crippen LogP contribution in [0.4, 0.5) is 0 Å². The maximum Gasteiger partial charge on any atom is 0.226 e. The lowest BCUT2D eigenvalue weighted by molar-refractivity contribution is -0.695. The number of halogens is 1. The Morgan fingerprint density at radius 2 is 1.44 bits per heavy atom. The van der Waals surface area contributed by atoms with Crippen molar-refractivity contribution in [3.8, 4) is 0 Å². The molecule has 4 heteroatoms. The highest BCUT2D eigenvalue weighted by molar-refractivity contribution is 5.75. The van der Waals surface area contributed by atoms with Crippen LogP contribution < -0.4 is 26.9 Å². The van der Waals surface area contributed by atoms with E-state index >= 15 is 0 Å². The van der Waals surface area contributed by atoms with Crippen molar-refractivity contribution in [2.45, 2.75) is 96.6 Å². The summed E-state index contributed by atoms with van der Waals surface area (Å²) < 4.78 is 2.09. The van der Waals surface area contributed by atoms with Gasteiger partial charge in [0.05, 0.1) is 6.42 Å². The second kappa shape index (κ2) is 13.3. The normalized spacial score (nSPS) is 17.6. The Morgan fingerprint density at radius 3 is 1.96 bits per heavy atom. The van der Waals surface area contributed by atoms with Gasteiger partial charge in [-0.3, -0.25) is 4.79 Å². The van der Waals surface area contributed by atoms with Gasteiger partial charge in [0, 0.05) is 18.2 Å². The van der Waals surface area contributed by atoms with Gasteiger partial charge in [-0.15, -0.1) is 0 Å². The summed E-state index contributed by atoms with van der Waals surface area (Å²) in [6.07, 6.45) is 19.1. The number of hydrogen-bond donors (Lipinski definition) is 1. The average molecular weight is 411 g/mol. The molecule has 0 bridgehead atoms. The second-order valence-corrected chi connectivity index (χ2v) is 7.39. The van der Waals surface area contributed by atoms with Crippen molar-refractivity contribution < 1.29 is 26.3 Å². The summed E-state index contributed by atoms with van der Waals surface area (Å²) in [7, 11) is 0. The van der Waals surface area contributed by atoms with E-state index in [0.717, 1.165) is 19.4 Å². The number of pyridine rings is 1. The number of aryl methyl sites for hydroxylation is 2. The molecular weight excluding hydrogens is 376 g/mol. The molecule has 2 rings (SSSR count). The number of carbonyl (C=O) groups is 1. The molecule has 0 unspecified atom stereocenters. The Balaban J connectivity index is 0.00000312. The summed E-state index contributed by atoms with van der Waals surface area (Å²) in [6, 6.07) is 4.56. The minimum Gasteiger partial charge on any atom is -1.00 e. The highest BCUT2D eigenvalue weighted by atomic mass is 79.9. The van der Waals surface area contributed by atoms with Gasteiger partial charge in [0.1, 0.15) is 0 Å². The topological polar surface area (TPSA) is 33.0 Å². The third-order valence-electron chi connectivity index (χ3n) is 5.13. The van der Waals surface area contributed by atoms with E-state index in [-0.39, 0.29) is 22.9 Å². The smallest absolute Gasteiger partial charge is 0.226 e. The fraction of sp³-hybridized carbons (Fsp3) is 0.714. The highest BCUT2D eigenvalue weighted by Gasteiger charge is 2.14. The Bertz CT molecular complexity index is 463. The molecule has 1 aromatic rings. The van der Waals surface area contributed by atoms with Crippen LogP contribution in [-0.2, 0) is 11.3 Å². The molecule has 1 saturated carbocycles. The summed E-state index contributed by atoms with van der Waals surface area (Å²) in [5.41, 5.74) is 1.25. The lowest BCUT2D eigenvalue weighted by Gasteiger charge is -2.19. The van der Waals surface area contributed by atoms with Gasteiger partial charge in [0.2, 0.25) is 5.91 Å². The molecule has 0 spiro atoms. The molecule has 0 aromatic carbocycles. The molecule has 25 heavy (non-hydrogen) atoms. The van der Waals surface area contributed by atoms with Crippen molar-refractivity contribution in [1.29, 1.82) is 0 Å². The lowest BCUT2D eigenvalue weighted by Crippen LogP contribution is -3.00. The molecule has 1 aliphatic carbocycles. The molecule has 0 atom stereocenters. The van der Waals surface area contributed by atoms with Crippen LogP contribution in [0.25, 0.3) is 0 Å². The number of amides is 1. The monoisotopic (exact) mass is 410 g/mol. The summed E-state index contributed by atoms with van der Waals surface area (Å²) in [5, 5.41) is 3.30. The number of nitrogens with zero attached hydrogens (tertiary/aromatic N) is 1. The zero-order valence-corrected chi connectivity index (χ0v) is 17.4. The van der Waals surface area contributed by atoms with Crippen LogP contribution in [-0.4, -0.2) is 11.9 Å². The first-order valence-corrected chi connectivity index (χ1v) is 9.99. The van der Waals surface area contributed by atoms with Crippen LogP contribution in [0, 0.1) is 6.92 Å². The van der Waals surface area contributed by atoms with Crippen LogP contribution in [0.3, 0.4) is 0 Å². The Morgan fingerprint density at radius 1 is 0.960 bits per heavy atom. The molecule has 0 aliphatic heterocycles. The van der Waals surface area contributed by atoms with Crippen LogP contribution in [0.5, 0.6) is 0 Å². The predicted octanol–water partition coefficient (Wildman–Crippen LogP) is 1.47. The van der Waals surface area contributed by atoms with Crippen molar-refractivity contribution >= 4 is 5.91 Å². The van der Waals surface area contributed by atoms with Crippen LogP contribution in [0.2, 0.25) is 0 Å². The number of aromatic nitrogens is 1. The second-order valence-electron chi connectivity index (χ2n) is 7.39. The van der Waals surface area contributed by atoms with E-state index in [1.54, 1.807) is 0 Å². The van der Waals surface area contributed by atoms with Crippen molar-refractivity contribution in [1.82, 2.24) is 5.32 Å². The first-order valence-electron chi connectivity index (χ1n) is 9.99. The minimum absolute atomic E-state index is 0. The quantitative estimate of drug-likeness (QED) is 0.748. The van der Waals surface area contributed by atoms with E-state index in [0.29, 0.717) is 12.5 Å². The maximum absolute atomic E-state index is 12.3. The van der Waals surface area contributed by atoms with Gasteiger partial charge in [-0.05, 0) is 25.3 Å². The maximum atomic E-state index is 12.3. The Labute approximate surface area is 164 Å². The lowest BCUT2D eigenvalue weighted by atomic mass is 9.98. The molecule has 1 amide bonds. The molecular formula is C21H35BrN2O. The van der Waals surface area contributed by atoms with Crippen LogP contribution >= 0.6 is 0 Å². The zero-order chi connectivity index (χ0) is 17.0. The van der Waals surface area contributed by atoms with E-state index in [1.165, 1.54) is 63.4 Å². The fourth-order valence-electron chi connectivity index (χ4n) is 3.52. The van der Waals surface area contributed by atoms with Crippen molar-refractivity contribution in [3.63, 3.8) is 0 Å². The van der Waals surface area contributed by atoms with E-state index < -0.39 is 0 Å². The van der Waals surface area contributed by atoms with E-state index in [2.05, 4.69) is 41.3 Å². The number of rotatable bonds is 4. The number of nitrogens with one attached hydrogen (secondary N) is 1. The summed E-state index contributed by atoms with van der Waals surface area (Å²) >= 11 is 0. The van der Waals surface area contributed by atoms with Gasteiger partial charge in [-0.1, -0.05) is 57.8 Å². The molecule has 1 N–H and O–H groups in total. The van der Waals surface area contributed by atoms with Gasteiger partial charge in [0.15, 0.2) is 18.9 Å². The van der Waals surface area contributed by atoms with Crippen LogP contribution in [0.1, 0.15) is 82.6 Å². The SMILES string of the molecule is Cc1cc[n+](CCC(=O)NC2CCCCCCCCCCC2)cc1.[Br-]. The van der Waals surface area contributed by atoms with Gasteiger partial charge >= 0.3 is 0 Å². The molecule has 3 nitrogen and oxygen atoms in total. The molecule has 142 valence electrons. The number of carbonyl (C=O) groups excluding carboxylic acids is 1. The summed E-state index contributed by atoms with van der Waals surface area (Å²) in [5.74, 6) is 0.208. The first-order chi connectivity index (χ1) is 11.7. The van der Waals surface area contributed by atoms with Crippen molar-refractivity contribution in [2.75, 3.05) is 0 Å². The van der Waals surface area contributed by atoms with Crippen molar-refractivity contribution in [3.05, 3.63) is 30.1 Å². The zero-order valence-electron chi connectivity index (χ0n) is 15.8. The van der Waals surface area contributed by atoms with Gasteiger partial charge < -0.3 is 22.3 Å². The van der Waals surface area contributed by atoms with Gasteiger partial charge in [-0.25, -0.2) is 4.57 Å². The molecule has 1 heterocycles. The largest absolute Gasteiger partial charge is 1.00 e. The summed E-state index contributed by atoms with van der Waals surface area (Å²) in [6.45, 7) is 2.85. The highest BCUT2D eigenvalue weighted by Crippen LogP contribution is 2.17. The van der Waals surface area contributed by atoms with Gasteiger partial charge in [0.25, 0.3) is 0 Å². The van der Waals surface area contributed by atoms with E-state index in [9.17, 15) is 4.79 Å². The molecule has 1 aliphatic rings. The molecule has 0 saturated heterocycles. The van der Waals surface area contributed by atoms with E-state index in [4.69, 9.17) is 0 Å². The molecule has 0 radical (unpaired) electrons. The third-order valence-corrected chi connectivity index (χ3v) is 5.13. The van der Waals surface area contributed by atoms with Crippen LogP contribution in [0.15, 0.2) is 24.5 Å².